The van der Waals surface area contributed by atoms with Gasteiger partial charge in [0, 0.05) is 6.42 Å². The van der Waals surface area contributed by atoms with Crippen LogP contribution in [0.4, 0.5) is 0 Å². The molecule has 0 aromatic carbocycles. The van der Waals surface area contributed by atoms with Crippen LogP contribution in [0.15, 0.2) is 12.2 Å². The van der Waals surface area contributed by atoms with Crippen LogP contribution in [0.25, 0.3) is 0 Å². The van der Waals surface area contributed by atoms with Crippen LogP contribution in [0, 0.1) is 0 Å². The van der Waals surface area contributed by atoms with E-state index >= 15 is 0 Å². The Morgan fingerprint density at radius 2 is 0.768 bits per heavy atom. The zero-order chi connectivity index (χ0) is 50.6. The number of aliphatic hydroxyl groups excluding tert-OH is 1. The van der Waals surface area contributed by atoms with Gasteiger partial charge in [0.2, 0.25) is 5.91 Å². The molecule has 0 radical (unpaired) electrons. The topological polar surface area (TPSA) is 105 Å². The summed E-state index contributed by atoms with van der Waals surface area (Å²) in [5, 5.41) is 13.9. The molecule has 69 heavy (non-hydrogen) atoms. The maximum absolute atomic E-state index is 12.9. The van der Waals surface area contributed by atoms with Crippen molar-refractivity contribution in [3.8, 4) is 0 Å². The number of amides is 1. The fraction of sp³-hybridized carbons (Fsp3) is 0.950. The van der Waals surface area contributed by atoms with Crippen molar-refractivity contribution in [3.63, 3.8) is 0 Å². The standard InChI is InChI=1S/C60H121N2O6P/c1-6-8-10-12-14-16-18-19-20-21-22-23-24-25-26-27-28-29-30-31-32-33-34-35-36-37-38-39-40-41-42-44-46-48-50-52-54-60(64)61-58(57-68-69(65,66)67-56-55-62(3,4)5)59(63)53-51-49-47-45-43-17-15-13-11-9-7-2/h51,53,58-59,63H,6-50,52,54-57H2,1-5H3,(H-,61,64,65,66)/p+1/b53-51+/t58-,59+/m0/s1. The normalized spacial score (nSPS) is 13.9. The molecule has 0 saturated carbocycles. The number of phosphoric acid groups is 1. The lowest BCUT2D eigenvalue weighted by molar-refractivity contribution is -0.870. The molecule has 8 nitrogen and oxygen atoms in total. The Labute approximate surface area is 431 Å². The van der Waals surface area contributed by atoms with Crippen LogP contribution in [0.5, 0.6) is 0 Å². The molecule has 9 heteroatoms. The zero-order valence-electron chi connectivity index (χ0n) is 47.1. The summed E-state index contributed by atoms with van der Waals surface area (Å²) < 4.78 is 23.6. The maximum atomic E-state index is 12.9. The van der Waals surface area contributed by atoms with Crippen molar-refractivity contribution >= 4 is 13.7 Å². The summed E-state index contributed by atoms with van der Waals surface area (Å²) in [5.41, 5.74) is 0. The SMILES string of the molecule is CCCCCCCCCCC/C=C/[C@@H](O)[C@H](COP(=O)(O)OCC[N+](C)(C)C)NC(=O)CCCCCCCCCCCCCCCCCCCCCCCCCCCCCCCCCCCCCC. The Kier molecular flexibility index (Phi) is 51.5. The van der Waals surface area contributed by atoms with E-state index in [0.717, 1.165) is 38.5 Å². The van der Waals surface area contributed by atoms with Crippen LogP contribution in [-0.2, 0) is 18.4 Å². The fourth-order valence-electron chi connectivity index (χ4n) is 9.46. The molecule has 1 unspecified atom stereocenters. The summed E-state index contributed by atoms with van der Waals surface area (Å²) in [6.07, 6.45) is 65.0. The summed E-state index contributed by atoms with van der Waals surface area (Å²) in [5.74, 6) is -0.171. The Morgan fingerprint density at radius 3 is 1.07 bits per heavy atom. The lowest BCUT2D eigenvalue weighted by Crippen LogP contribution is -2.45. The third-order valence-corrected chi connectivity index (χ3v) is 15.2. The highest BCUT2D eigenvalue weighted by atomic mass is 31.2. The van der Waals surface area contributed by atoms with Crippen LogP contribution in [0.2, 0.25) is 0 Å². The number of likely N-dealkylation sites (N-methyl/N-ethyl adjacent to an activating group) is 1. The van der Waals surface area contributed by atoms with Crippen molar-refractivity contribution in [2.45, 2.75) is 328 Å². The van der Waals surface area contributed by atoms with Crippen molar-refractivity contribution in [1.82, 2.24) is 5.32 Å². The summed E-state index contributed by atoms with van der Waals surface area (Å²) in [7, 11) is 1.59. The number of hydrogen-bond donors (Lipinski definition) is 3. The van der Waals surface area contributed by atoms with Gasteiger partial charge in [-0.2, -0.15) is 0 Å². The van der Waals surface area contributed by atoms with Gasteiger partial charge in [-0.15, -0.1) is 0 Å². The molecular weight excluding hydrogens is 876 g/mol. The highest BCUT2D eigenvalue weighted by Gasteiger charge is 2.27. The molecule has 3 atom stereocenters. The predicted octanol–water partition coefficient (Wildman–Crippen LogP) is 18.6. The third-order valence-electron chi connectivity index (χ3n) is 14.3. The molecular formula is C60H122N2O6P+. The smallest absolute Gasteiger partial charge is 0.387 e. The van der Waals surface area contributed by atoms with E-state index in [1.165, 1.54) is 257 Å². The Hall–Kier alpha value is -0.760. The van der Waals surface area contributed by atoms with Crippen LogP contribution >= 0.6 is 7.82 Å². The average molecular weight is 999 g/mol. The van der Waals surface area contributed by atoms with Crippen molar-refractivity contribution in [3.05, 3.63) is 12.2 Å². The second-order valence-electron chi connectivity index (χ2n) is 22.4. The summed E-state index contributed by atoms with van der Waals surface area (Å²) in [6.45, 7) is 4.84. The number of unbranched alkanes of at least 4 members (excludes halogenated alkanes) is 44. The van der Waals surface area contributed by atoms with Crippen LogP contribution in [0.1, 0.15) is 316 Å². The van der Waals surface area contributed by atoms with E-state index in [4.69, 9.17) is 9.05 Å². The number of rotatable bonds is 57. The molecule has 0 heterocycles. The van der Waals surface area contributed by atoms with Gasteiger partial charge in [0.05, 0.1) is 39.9 Å². The van der Waals surface area contributed by atoms with Crippen LogP contribution < -0.4 is 5.32 Å². The van der Waals surface area contributed by atoms with E-state index in [-0.39, 0.29) is 19.1 Å². The number of allylic oxidation sites excluding steroid dienone is 1. The molecule has 3 N–H and O–H groups in total. The number of carbonyl (C=O) groups excluding carboxylic acids is 1. The molecule has 0 aliphatic carbocycles. The predicted molar refractivity (Wildman–Crippen MR) is 300 cm³/mol. The van der Waals surface area contributed by atoms with Gasteiger partial charge in [-0.25, -0.2) is 4.57 Å². The van der Waals surface area contributed by atoms with Gasteiger partial charge >= 0.3 is 7.82 Å². The molecule has 412 valence electrons. The maximum Gasteiger partial charge on any atom is 0.472 e. The monoisotopic (exact) mass is 998 g/mol. The molecule has 0 fully saturated rings. The molecule has 0 bridgehead atoms. The van der Waals surface area contributed by atoms with Crippen molar-refractivity contribution < 1.29 is 32.9 Å². The highest BCUT2D eigenvalue weighted by Crippen LogP contribution is 2.43. The Bertz CT molecular complexity index is 1130. The van der Waals surface area contributed by atoms with Gasteiger partial charge in [0.25, 0.3) is 0 Å². The first-order valence-corrected chi connectivity index (χ1v) is 32.1. The summed E-state index contributed by atoms with van der Waals surface area (Å²) >= 11 is 0. The molecule has 0 aliphatic rings. The molecule has 0 aromatic heterocycles. The molecule has 0 aliphatic heterocycles. The van der Waals surface area contributed by atoms with E-state index in [2.05, 4.69) is 19.2 Å². The van der Waals surface area contributed by atoms with Crippen molar-refractivity contribution in [1.29, 1.82) is 0 Å². The minimum absolute atomic E-state index is 0.0647. The Balaban J connectivity index is 3.84. The van der Waals surface area contributed by atoms with Gasteiger partial charge in [-0.05, 0) is 19.3 Å². The first kappa shape index (κ1) is 68.2. The third kappa shape index (κ3) is 54.8. The van der Waals surface area contributed by atoms with E-state index in [9.17, 15) is 19.4 Å². The average Bonchev–Trinajstić information content (AvgIpc) is 3.31. The van der Waals surface area contributed by atoms with E-state index in [1.807, 2.05) is 27.2 Å². The second kappa shape index (κ2) is 52.1. The number of aliphatic hydroxyl groups is 1. The number of carbonyl (C=O) groups is 1. The van der Waals surface area contributed by atoms with Gasteiger partial charge < -0.3 is 19.8 Å². The number of nitrogens with zero attached hydrogens (tertiary/aromatic N) is 1. The molecule has 0 spiro atoms. The van der Waals surface area contributed by atoms with E-state index in [0.29, 0.717) is 17.4 Å². The number of phosphoric ester groups is 1. The lowest BCUT2D eigenvalue weighted by atomic mass is 10.0. The molecule has 0 rings (SSSR count). The van der Waals surface area contributed by atoms with Gasteiger partial charge in [-0.3, -0.25) is 13.8 Å². The number of hydrogen-bond acceptors (Lipinski definition) is 5. The summed E-state index contributed by atoms with van der Waals surface area (Å²) in [4.78, 5) is 23.2. The second-order valence-corrected chi connectivity index (χ2v) is 23.9. The molecule has 0 aromatic rings. The lowest BCUT2D eigenvalue weighted by Gasteiger charge is -2.25. The van der Waals surface area contributed by atoms with Gasteiger partial charge in [0.15, 0.2) is 0 Å². The van der Waals surface area contributed by atoms with E-state index < -0.39 is 20.0 Å². The largest absolute Gasteiger partial charge is 0.472 e. The number of nitrogens with one attached hydrogen (secondary N) is 1. The van der Waals surface area contributed by atoms with Gasteiger partial charge in [-0.1, -0.05) is 302 Å². The zero-order valence-corrected chi connectivity index (χ0v) is 48.0. The molecule has 1 amide bonds. The fourth-order valence-corrected chi connectivity index (χ4v) is 10.2. The Morgan fingerprint density at radius 1 is 0.478 bits per heavy atom. The number of quaternary nitrogens is 1. The van der Waals surface area contributed by atoms with Crippen LogP contribution in [-0.4, -0.2) is 73.4 Å². The first-order chi connectivity index (χ1) is 33.5. The van der Waals surface area contributed by atoms with Crippen LogP contribution in [0.3, 0.4) is 0 Å². The van der Waals surface area contributed by atoms with Gasteiger partial charge in [0.1, 0.15) is 13.2 Å². The first-order valence-electron chi connectivity index (χ1n) is 30.6. The highest BCUT2D eigenvalue weighted by molar-refractivity contribution is 7.47. The minimum Gasteiger partial charge on any atom is -0.387 e. The van der Waals surface area contributed by atoms with E-state index in [1.54, 1.807) is 6.08 Å². The minimum atomic E-state index is -4.34. The van der Waals surface area contributed by atoms with Crippen molar-refractivity contribution in [2.75, 3.05) is 40.9 Å². The van der Waals surface area contributed by atoms with Crippen molar-refractivity contribution in [2.24, 2.45) is 0 Å². The quantitative estimate of drug-likeness (QED) is 0.0243. The molecule has 0 saturated heterocycles. The summed E-state index contributed by atoms with van der Waals surface area (Å²) in [6, 6.07) is -0.840.